The highest BCUT2D eigenvalue weighted by atomic mass is 16.7. The molecule has 0 radical (unpaired) electrons. The third kappa shape index (κ3) is 3.55. The second-order valence-electron chi connectivity index (χ2n) is 5.50. The summed E-state index contributed by atoms with van der Waals surface area (Å²) in [6.07, 6.45) is 2.63. The minimum absolute atomic E-state index is 0.0300. The van der Waals surface area contributed by atoms with Crippen LogP contribution in [-0.4, -0.2) is 18.5 Å². The van der Waals surface area contributed by atoms with Crippen molar-refractivity contribution in [2.24, 2.45) is 0 Å². The van der Waals surface area contributed by atoms with E-state index < -0.39 is 0 Å². The first-order valence-electron chi connectivity index (χ1n) is 7.74. The lowest BCUT2D eigenvalue weighted by atomic mass is 10.00. The Morgan fingerprint density at radius 3 is 2.57 bits per heavy atom. The Kier molecular flexibility index (Phi) is 4.95. The topological polar surface area (TPSA) is 50.7 Å². The lowest BCUT2D eigenvalue weighted by Gasteiger charge is -2.25. The predicted molar refractivity (Wildman–Crippen MR) is 89.5 cm³/mol. The van der Waals surface area contributed by atoms with Crippen molar-refractivity contribution in [2.75, 3.05) is 13.4 Å². The Bertz CT molecular complexity index is 657. The molecule has 0 spiro atoms. The van der Waals surface area contributed by atoms with E-state index in [0.717, 1.165) is 29.0 Å². The molecule has 0 amide bonds. The molecule has 1 aliphatic heterocycles. The number of fused-ring (bicyclic) bond motifs is 1. The van der Waals surface area contributed by atoms with E-state index in [-0.39, 0.29) is 25.5 Å². The van der Waals surface area contributed by atoms with Crippen LogP contribution in [0.3, 0.4) is 0 Å². The number of hydrogen-bond donors (Lipinski definition) is 2. The van der Waals surface area contributed by atoms with E-state index in [9.17, 15) is 5.11 Å². The summed E-state index contributed by atoms with van der Waals surface area (Å²) in [7, 11) is 0. The standard InChI is InChI=1S/C19H21NO3/c1-2-6-16(15-9-10-18-19(11-15)23-13-22-18)20-17(12-21)14-7-4-3-5-8-14/h2-5,7-11,16-17,20-21H,1,6,12-13H2/t16-,17+/m1/s1. The number of hydrogen-bond acceptors (Lipinski definition) is 4. The monoisotopic (exact) mass is 311 g/mol. The van der Waals surface area contributed by atoms with Crippen molar-refractivity contribution < 1.29 is 14.6 Å². The molecular formula is C19H21NO3. The smallest absolute Gasteiger partial charge is 0.231 e. The third-order valence-corrected chi connectivity index (χ3v) is 3.99. The lowest BCUT2D eigenvalue weighted by molar-refractivity contribution is 0.174. The molecule has 0 aliphatic carbocycles. The molecule has 0 aromatic heterocycles. The van der Waals surface area contributed by atoms with Crippen molar-refractivity contribution in [1.82, 2.24) is 5.32 Å². The van der Waals surface area contributed by atoms with Crippen molar-refractivity contribution in [1.29, 1.82) is 0 Å². The SMILES string of the molecule is C=CC[C@@H](N[C@@H](CO)c1ccccc1)c1ccc2c(c1)OCO2. The second-order valence-corrected chi connectivity index (χ2v) is 5.50. The molecule has 0 unspecified atom stereocenters. The van der Waals surface area contributed by atoms with Crippen LogP contribution in [0.25, 0.3) is 0 Å². The van der Waals surface area contributed by atoms with Gasteiger partial charge in [-0.15, -0.1) is 6.58 Å². The van der Waals surface area contributed by atoms with Gasteiger partial charge in [0.15, 0.2) is 11.5 Å². The highest BCUT2D eigenvalue weighted by Gasteiger charge is 2.20. The van der Waals surface area contributed by atoms with Gasteiger partial charge in [-0.1, -0.05) is 42.5 Å². The maximum absolute atomic E-state index is 9.77. The van der Waals surface area contributed by atoms with Crippen LogP contribution in [0.5, 0.6) is 11.5 Å². The average molecular weight is 311 g/mol. The van der Waals surface area contributed by atoms with Crippen molar-refractivity contribution in [2.45, 2.75) is 18.5 Å². The van der Waals surface area contributed by atoms with Gasteiger partial charge in [-0.05, 0) is 29.7 Å². The summed E-state index contributed by atoms with van der Waals surface area (Å²) in [5, 5.41) is 13.3. The maximum Gasteiger partial charge on any atom is 0.231 e. The summed E-state index contributed by atoms with van der Waals surface area (Å²) < 4.78 is 10.8. The molecule has 1 aliphatic rings. The van der Waals surface area contributed by atoms with Gasteiger partial charge in [-0.25, -0.2) is 0 Å². The van der Waals surface area contributed by atoms with Crippen LogP contribution in [-0.2, 0) is 0 Å². The van der Waals surface area contributed by atoms with Crippen LogP contribution < -0.4 is 14.8 Å². The number of ether oxygens (including phenoxy) is 2. The minimum atomic E-state index is -0.133. The highest BCUT2D eigenvalue weighted by Crippen LogP contribution is 2.35. The quantitative estimate of drug-likeness (QED) is 0.770. The van der Waals surface area contributed by atoms with Gasteiger partial charge in [0.2, 0.25) is 6.79 Å². The zero-order valence-corrected chi connectivity index (χ0v) is 12.9. The molecule has 23 heavy (non-hydrogen) atoms. The first-order chi connectivity index (χ1) is 11.3. The number of benzene rings is 2. The van der Waals surface area contributed by atoms with Gasteiger partial charge < -0.3 is 19.9 Å². The van der Waals surface area contributed by atoms with Gasteiger partial charge in [0.1, 0.15) is 0 Å². The molecule has 120 valence electrons. The molecule has 0 saturated carbocycles. The first-order valence-corrected chi connectivity index (χ1v) is 7.74. The first kappa shape index (κ1) is 15.6. The number of aliphatic hydroxyl groups is 1. The highest BCUT2D eigenvalue weighted by molar-refractivity contribution is 5.45. The van der Waals surface area contributed by atoms with E-state index in [0.29, 0.717) is 0 Å². The zero-order valence-electron chi connectivity index (χ0n) is 12.9. The molecule has 4 nitrogen and oxygen atoms in total. The van der Waals surface area contributed by atoms with Gasteiger partial charge in [0, 0.05) is 6.04 Å². The summed E-state index contributed by atoms with van der Waals surface area (Å²) >= 11 is 0. The van der Waals surface area contributed by atoms with Crippen molar-refractivity contribution in [3.05, 3.63) is 72.3 Å². The van der Waals surface area contributed by atoms with Crippen LogP contribution in [0, 0.1) is 0 Å². The summed E-state index contributed by atoms with van der Waals surface area (Å²) in [6.45, 7) is 4.14. The van der Waals surface area contributed by atoms with E-state index in [4.69, 9.17) is 9.47 Å². The number of rotatable bonds is 7. The fraction of sp³-hybridized carbons (Fsp3) is 0.263. The van der Waals surface area contributed by atoms with Crippen LogP contribution in [0.1, 0.15) is 29.6 Å². The molecule has 1 heterocycles. The second kappa shape index (κ2) is 7.31. The van der Waals surface area contributed by atoms with Crippen LogP contribution in [0.2, 0.25) is 0 Å². The summed E-state index contributed by atoms with van der Waals surface area (Å²) in [5.74, 6) is 1.53. The van der Waals surface area contributed by atoms with E-state index in [1.807, 2.05) is 54.6 Å². The third-order valence-electron chi connectivity index (χ3n) is 3.99. The van der Waals surface area contributed by atoms with E-state index in [1.165, 1.54) is 0 Å². The van der Waals surface area contributed by atoms with E-state index in [1.54, 1.807) is 0 Å². The Morgan fingerprint density at radius 2 is 1.83 bits per heavy atom. The molecule has 2 aromatic rings. The van der Waals surface area contributed by atoms with Gasteiger partial charge in [0.05, 0.1) is 12.6 Å². The van der Waals surface area contributed by atoms with Crippen LogP contribution in [0.4, 0.5) is 0 Å². The molecule has 0 bridgehead atoms. The average Bonchev–Trinajstić information content (AvgIpc) is 3.07. The fourth-order valence-electron chi connectivity index (χ4n) is 2.78. The molecule has 0 fully saturated rings. The fourth-order valence-corrected chi connectivity index (χ4v) is 2.78. The van der Waals surface area contributed by atoms with Gasteiger partial charge in [0.25, 0.3) is 0 Å². The molecule has 0 saturated heterocycles. The van der Waals surface area contributed by atoms with Crippen LogP contribution >= 0.6 is 0 Å². The summed E-state index contributed by atoms with van der Waals surface area (Å²) in [5.41, 5.74) is 2.15. The Morgan fingerprint density at radius 1 is 1.04 bits per heavy atom. The van der Waals surface area contributed by atoms with Gasteiger partial charge >= 0.3 is 0 Å². The lowest BCUT2D eigenvalue weighted by Crippen LogP contribution is -2.28. The number of nitrogens with one attached hydrogen (secondary N) is 1. The minimum Gasteiger partial charge on any atom is -0.454 e. The van der Waals surface area contributed by atoms with Crippen molar-refractivity contribution in [3.8, 4) is 11.5 Å². The summed E-state index contributed by atoms with van der Waals surface area (Å²) in [6, 6.07) is 15.8. The molecule has 2 aromatic carbocycles. The Balaban J connectivity index is 1.82. The van der Waals surface area contributed by atoms with E-state index >= 15 is 0 Å². The molecule has 4 heteroatoms. The van der Waals surface area contributed by atoms with Crippen molar-refractivity contribution >= 4 is 0 Å². The Labute approximate surface area is 136 Å². The zero-order chi connectivity index (χ0) is 16.1. The number of aliphatic hydroxyl groups excluding tert-OH is 1. The summed E-state index contributed by atoms with van der Waals surface area (Å²) in [4.78, 5) is 0. The maximum atomic E-state index is 9.77. The molecule has 2 atom stereocenters. The van der Waals surface area contributed by atoms with Crippen molar-refractivity contribution in [3.63, 3.8) is 0 Å². The normalized spacial score (nSPS) is 15.2. The van der Waals surface area contributed by atoms with E-state index in [2.05, 4.69) is 11.9 Å². The molecular weight excluding hydrogens is 290 g/mol. The van der Waals surface area contributed by atoms with Gasteiger partial charge in [-0.2, -0.15) is 0 Å². The largest absolute Gasteiger partial charge is 0.454 e. The predicted octanol–water partition coefficient (Wildman–Crippen LogP) is 3.36. The molecule has 2 N–H and O–H groups in total. The Hall–Kier alpha value is -2.30. The molecule has 3 rings (SSSR count). The van der Waals surface area contributed by atoms with Crippen LogP contribution in [0.15, 0.2) is 61.2 Å². The van der Waals surface area contributed by atoms with Gasteiger partial charge in [-0.3, -0.25) is 0 Å².